The average Bonchev–Trinajstić information content (AvgIpc) is 2.50. The lowest BCUT2D eigenvalue weighted by molar-refractivity contribution is -0.384. The fourth-order valence-corrected chi connectivity index (χ4v) is 2.76. The van der Waals surface area contributed by atoms with Gasteiger partial charge in [0.15, 0.2) is 0 Å². The molecule has 0 spiro atoms. The molecule has 3 N–H and O–H groups in total. The minimum absolute atomic E-state index is 0.0770. The normalized spacial score (nSPS) is 19.4. The van der Waals surface area contributed by atoms with Gasteiger partial charge in [-0.05, 0) is 43.8 Å². The van der Waals surface area contributed by atoms with Crippen molar-refractivity contribution in [2.75, 3.05) is 18.4 Å². The van der Waals surface area contributed by atoms with E-state index in [2.05, 4.69) is 10.6 Å². The zero-order valence-corrected chi connectivity index (χ0v) is 12.5. The number of nitrogens with one attached hydrogen (secondary N) is 2. The van der Waals surface area contributed by atoms with Crippen LogP contribution in [0.25, 0.3) is 0 Å². The Morgan fingerprint density at radius 3 is 3.00 bits per heavy atom. The Kier molecular flexibility index (Phi) is 5.32. The Morgan fingerprint density at radius 1 is 1.59 bits per heavy atom. The van der Waals surface area contributed by atoms with Crippen LogP contribution in [0, 0.1) is 22.0 Å². The van der Waals surface area contributed by atoms with Gasteiger partial charge in [0.25, 0.3) is 5.69 Å². The quantitative estimate of drug-likeness (QED) is 0.440. The first-order chi connectivity index (χ1) is 10.5. The molecule has 1 aromatic rings. The van der Waals surface area contributed by atoms with Gasteiger partial charge in [0.1, 0.15) is 5.75 Å². The van der Waals surface area contributed by atoms with Crippen molar-refractivity contribution in [3.8, 4) is 5.75 Å². The van der Waals surface area contributed by atoms with Gasteiger partial charge in [-0.1, -0.05) is 6.92 Å². The number of amides is 1. The third-order valence-electron chi connectivity index (χ3n) is 4.11. The molecule has 1 heterocycles. The van der Waals surface area contributed by atoms with E-state index in [1.807, 2.05) is 6.92 Å². The number of hydrogen-bond acceptors (Lipinski definition) is 5. The van der Waals surface area contributed by atoms with Gasteiger partial charge in [-0.2, -0.15) is 0 Å². The second kappa shape index (κ2) is 7.22. The van der Waals surface area contributed by atoms with Gasteiger partial charge >= 0.3 is 0 Å². The molecule has 1 amide bonds. The van der Waals surface area contributed by atoms with Crippen LogP contribution >= 0.6 is 0 Å². The summed E-state index contributed by atoms with van der Waals surface area (Å²) >= 11 is 0. The van der Waals surface area contributed by atoms with Crippen LogP contribution in [0.3, 0.4) is 0 Å². The molecule has 0 radical (unpaired) electrons. The van der Waals surface area contributed by atoms with Crippen LogP contribution in [0.1, 0.15) is 26.2 Å². The molecule has 2 atom stereocenters. The molecule has 1 saturated heterocycles. The maximum atomic E-state index is 12.1. The molecule has 1 fully saturated rings. The number of piperidine rings is 1. The topological polar surface area (TPSA) is 104 Å². The highest BCUT2D eigenvalue weighted by Crippen LogP contribution is 2.29. The van der Waals surface area contributed by atoms with Crippen molar-refractivity contribution in [3.05, 3.63) is 28.3 Å². The van der Waals surface area contributed by atoms with E-state index < -0.39 is 4.92 Å². The maximum absolute atomic E-state index is 12.1. The van der Waals surface area contributed by atoms with Crippen molar-refractivity contribution in [1.29, 1.82) is 0 Å². The van der Waals surface area contributed by atoms with Crippen LogP contribution in [0.4, 0.5) is 11.4 Å². The standard InChI is InChI=1S/C15H21N3O4/c1-10(11-3-2-6-16-9-11)7-15(20)17-13-8-12(18(21)22)4-5-14(13)19/h4-5,8,10-11,16,19H,2-3,6-7,9H2,1H3,(H,17,20). The fraction of sp³-hybridized carbons (Fsp3) is 0.533. The Morgan fingerprint density at radius 2 is 2.36 bits per heavy atom. The first kappa shape index (κ1) is 16.2. The molecule has 0 saturated carbocycles. The Bertz CT molecular complexity index is 556. The highest BCUT2D eigenvalue weighted by Gasteiger charge is 2.22. The number of rotatable bonds is 5. The number of nitro benzene ring substituents is 1. The van der Waals surface area contributed by atoms with E-state index in [1.54, 1.807) is 0 Å². The highest BCUT2D eigenvalue weighted by molar-refractivity contribution is 5.92. The predicted molar refractivity (Wildman–Crippen MR) is 82.8 cm³/mol. The van der Waals surface area contributed by atoms with Crippen LogP contribution in [0.2, 0.25) is 0 Å². The lowest BCUT2D eigenvalue weighted by Gasteiger charge is -2.28. The molecule has 1 aromatic carbocycles. The number of phenolic OH excluding ortho intramolecular Hbond substituents is 1. The molecule has 0 bridgehead atoms. The molecule has 2 unspecified atom stereocenters. The van der Waals surface area contributed by atoms with Crippen LogP contribution in [-0.4, -0.2) is 29.0 Å². The van der Waals surface area contributed by atoms with E-state index in [-0.39, 0.29) is 28.9 Å². The Labute approximate surface area is 128 Å². The number of benzene rings is 1. The summed E-state index contributed by atoms with van der Waals surface area (Å²) in [5.41, 5.74) is -0.0919. The number of hydrogen-bond donors (Lipinski definition) is 3. The first-order valence-electron chi connectivity index (χ1n) is 7.45. The summed E-state index contributed by atoms with van der Waals surface area (Å²) in [7, 11) is 0. The molecule has 1 aliphatic rings. The average molecular weight is 307 g/mol. The summed E-state index contributed by atoms with van der Waals surface area (Å²) in [5.74, 6) is 0.256. The van der Waals surface area contributed by atoms with Gasteiger partial charge in [-0.15, -0.1) is 0 Å². The molecular weight excluding hydrogens is 286 g/mol. The second-order valence-corrected chi connectivity index (χ2v) is 5.79. The number of nitro groups is 1. The van der Waals surface area contributed by atoms with Crippen molar-refractivity contribution in [3.63, 3.8) is 0 Å². The van der Waals surface area contributed by atoms with Crippen molar-refractivity contribution < 1.29 is 14.8 Å². The van der Waals surface area contributed by atoms with E-state index in [0.29, 0.717) is 12.3 Å². The third kappa shape index (κ3) is 4.17. The first-order valence-corrected chi connectivity index (χ1v) is 7.45. The number of anilines is 1. The predicted octanol–water partition coefficient (Wildman–Crippen LogP) is 2.26. The molecule has 120 valence electrons. The summed E-state index contributed by atoms with van der Waals surface area (Å²) in [4.78, 5) is 22.3. The molecule has 7 heteroatoms. The van der Waals surface area contributed by atoms with E-state index in [0.717, 1.165) is 25.9 Å². The van der Waals surface area contributed by atoms with Crippen molar-refractivity contribution in [2.45, 2.75) is 26.2 Å². The summed E-state index contributed by atoms with van der Waals surface area (Å²) in [5, 5.41) is 26.3. The largest absolute Gasteiger partial charge is 0.506 e. The van der Waals surface area contributed by atoms with E-state index >= 15 is 0 Å². The number of aromatic hydroxyl groups is 1. The van der Waals surface area contributed by atoms with E-state index in [9.17, 15) is 20.0 Å². The maximum Gasteiger partial charge on any atom is 0.271 e. The summed E-state index contributed by atoms with van der Waals surface area (Å²) in [6.07, 6.45) is 2.54. The minimum Gasteiger partial charge on any atom is -0.506 e. The van der Waals surface area contributed by atoms with Crippen LogP contribution in [0.15, 0.2) is 18.2 Å². The molecule has 0 aromatic heterocycles. The van der Waals surface area contributed by atoms with Crippen LogP contribution < -0.4 is 10.6 Å². The van der Waals surface area contributed by atoms with Crippen LogP contribution in [0.5, 0.6) is 5.75 Å². The van der Waals surface area contributed by atoms with E-state index in [4.69, 9.17) is 0 Å². The van der Waals surface area contributed by atoms with Gasteiger partial charge < -0.3 is 15.7 Å². The number of nitrogens with zero attached hydrogens (tertiary/aromatic N) is 1. The summed E-state index contributed by atoms with van der Waals surface area (Å²) in [6, 6.07) is 3.57. The van der Waals surface area contributed by atoms with Crippen molar-refractivity contribution in [2.24, 2.45) is 11.8 Å². The zero-order chi connectivity index (χ0) is 16.1. The summed E-state index contributed by atoms with van der Waals surface area (Å²) < 4.78 is 0. The Balaban J connectivity index is 1.96. The smallest absolute Gasteiger partial charge is 0.271 e. The minimum atomic E-state index is -0.564. The number of phenols is 1. The SMILES string of the molecule is CC(CC(=O)Nc1cc([N+](=O)[O-])ccc1O)C1CCCNC1. The molecule has 22 heavy (non-hydrogen) atoms. The number of non-ortho nitro benzene ring substituents is 1. The lowest BCUT2D eigenvalue weighted by atomic mass is 9.85. The van der Waals surface area contributed by atoms with Gasteiger partial charge in [-0.3, -0.25) is 14.9 Å². The zero-order valence-electron chi connectivity index (χ0n) is 12.5. The van der Waals surface area contributed by atoms with Crippen molar-refractivity contribution >= 4 is 17.3 Å². The molecule has 1 aliphatic heterocycles. The number of carbonyl (C=O) groups is 1. The highest BCUT2D eigenvalue weighted by atomic mass is 16.6. The molecule has 7 nitrogen and oxygen atoms in total. The van der Waals surface area contributed by atoms with Gasteiger partial charge in [0.05, 0.1) is 10.6 Å². The van der Waals surface area contributed by atoms with Crippen LogP contribution in [-0.2, 0) is 4.79 Å². The van der Waals surface area contributed by atoms with Gasteiger partial charge in [-0.25, -0.2) is 0 Å². The van der Waals surface area contributed by atoms with Gasteiger partial charge in [0.2, 0.25) is 5.91 Å². The van der Waals surface area contributed by atoms with E-state index in [1.165, 1.54) is 18.2 Å². The molecular formula is C15H21N3O4. The van der Waals surface area contributed by atoms with Crippen molar-refractivity contribution in [1.82, 2.24) is 5.32 Å². The number of carbonyl (C=O) groups excluding carboxylic acids is 1. The second-order valence-electron chi connectivity index (χ2n) is 5.79. The Hall–Kier alpha value is -2.15. The lowest BCUT2D eigenvalue weighted by Crippen LogP contribution is -2.34. The molecule has 0 aliphatic carbocycles. The third-order valence-corrected chi connectivity index (χ3v) is 4.11. The summed E-state index contributed by atoms with van der Waals surface area (Å²) in [6.45, 7) is 3.97. The van der Waals surface area contributed by atoms with Gasteiger partial charge in [0, 0.05) is 18.6 Å². The molecule has 2 rings (SSSR count). The monoisotopic (exact) mass is 307 g/mol. The fourth-order valence-electron chi connectivity index (χ4n) is 2.76.